The van der Waals surface area contributed by atoms with E-state index in [9.17, 15) is 0 Å². The van der Waals surface area contributed by atoms with Crippen LogP contribution in [0.3, 0.4) is 0 Å². The van der Waals surface area contributed by atoms with Crippen LogP contribution in [0.1, 0.15) is 12.8 Å². The van der Waals surface area contributed by atoms with Crippen LogP contribution in [-0.2, 0) is 4.74 Å². The third-order valence-electron chi connectivity index (χ3n) is 6.03. The first-order valence-electron chi connectivity index (χ1n) is 9.64. The third-order valence-corrected chi connectivity index (χ3v) is 7.27. The molecule has 3 fully saturated rings. The maximum absolute atomic E-state index is 5.51. The lowest BCUT2D eigenvalue weighted by Crippen LogP contribution is -2.58. The second-order valence-corrected chi connectivity index (χ2v) is 8.94. The summed E-state index contributed by atoms with van der Waals surface area (Å²) in [5.74, 6) is 4.29. The highest BCUT2D eigenvalue weighted by molar-refractivity contribution is 7.99. The maximum Gasteiger partial charge on any atom is 0.193 e. The molecule has 3 saturated heterocycles. The highest BCUT2D eigenvalue weighted by atomic mass is 32.2. The van der Waals surface area contributed by atoms with E-state index < -0.39 is 0 Å². The number of likely N-dealkylation sites (N-methyl/N-ethyl adjacent to an activating group) is 1. The lowest BCUT2D eigenvalue weighted by atomic mass is 9.97. The number of nitrogens with one attached hydrogen (secondary N) is 1. The summed E-state index contributed by atoms with van der Waals surface area (Å²) in [6.07, 6.45) is 2.49. The molecule has 3 aliphatic rings. The van der Waals surface area contributed by atoms with Gasteiger partial charge in [0.05, 0.1) is 6.61 Å². The number of thioether (sulfide) groups is 1. The van der Waals surface area contributed by atoms with Crippen molar-refractivity contribution in [3.63, 3.8) is 0 Å². The van der Waals surface area contributed by atoms with Crippen molar-refractivity contribution in [3.05, 3.63) is 0 Å². The average molecular weight is 370 g/mol. The van der Waals surface area contributed by atoms with Gasteiger partial charge in [-0.05, 0) is 38.6 Å². The standard InChI is InChI=1S/C18H35N5OS/c1-19-17(20-14-18(21(2)3)5-11-25-15-18)23-8-6-22(7-9-23)12-16-4-10-24-13-16/h16H,4-15H2,1-3H3,(H,19,20). The molecule has 0 bridgehead atoms. The summed E-state index contributed by atoms with van der Waals surface area (Å²) in [5.41, 5.74) is 0.269. The van der Waals surface area contributed by atoms with Crippen LogP contribution in [0, 0.1) is 5.92 Å². The van der Waals surface area contributed by atoms with E-state index in [0.29, 0.717) is 0 Å². The predicted molar refractivity (Wildman–Crippen MR) is 107 cm³/mol. The van der Waals surface area contributed by atoms with Crippen LogP contribution in [0.25, 0.3) is 0 Å². The SMILES string of the molecule is CN=C(NCC1(N(C)C)CCSC1)N1CCN(CC2CCOC2)CC1. The molecule has 2 unspecified atom stereocenters. The fourth-order valence-electron chi connectivity index (χ4n) is 4.06. The molecular formula is C18H35N5OS. The molecule has 0 spiro atoms. The van der Waals surface area contributed by atoms with Crippen molar-refractivity contribution in [2.75, 3.05) is 85.1 Å². The molecule has 0 aromatic carbocycles. The van der Waals surface area contributed by atoms with E-state index in [1.165, 1.54) is 30.9 Å². The number of piperazine rings is 1. The summed E-state index contributed by atoms with van der Waals surface area (Å²) in [7, 11) is 6.33. The van der Waals surface area contributed by atoms with Gasteiger partial charge in [-0.25, -0.2) is 0 Å². The van der Waals surface area contributed by atoms with Crippen LogP contribution in [0.4, 0.5) is 0 Å². The molecule has 6 nitrogen and oxygen atoms in total. The second kappa shape index (κ2) is 8.93. The summed E-state index contributed by atoms with van der Waals surface area (Å²) < 4.78 is 5.51. The number of ether oxygens (including phenoxy) is 1. The van der Waals surface area contributed by atoms with Gasteiger partial charge in [-0.3, -0.25) is 9.89 Å². The van der Waals surface area contributed by atoms with Gasteiger partial charge >= 0.3 is 0 Å². The lowest BCUT2D eigenvalue weighted by molar-refractivity contribution is 0.137. The van der Waals surface area contributed by atoms with Crippen LogP contribution in [0.5, 0.6) is 0 Å². The number of hydrogen-bond donors (Lipinski definition) is 1. The van der Waals surface area contributed by atoms with Crippen LogP contribution in [0.15, 0.2) is 4.99 Å². The molecule has 1 N–H and O–H groups in total. The van der Waals surface area contributed by atoms with Crippen molar-refractivity contribution in [3.8, 4) is 0 Å². The Morgan fingerprint density at radius 3 is 2.68 bits per heavy atom. The van der Waals surface area contributed by atoms with Crippen molar-refractivity contribution >= 4 is 17.7 Å². The van der Waals surface area contributed by atoms with Gasteiger partial charge in [0.1, 0.15) is 0 Å². The molecule has 0 aromatic heterocycles. The molecule has 3 aliphatic heterocycles. The second-order valence-electron chi connectivity index (χ2n) is 7.84. The molecule has 0 aromatic rings. The molecular weight excluding hydrogens is 334 g/mol. The summed E-state index contributed by atoms with van der Waals surface area (Å²) >= 11 is 2.07. The summed E-state index contributed by atoms with van der Waals surface area (Å²) in [6.45, 7) is 8.48. The molecule has 144 valence electrons. The van der Waals surface area contributed by atoms with E-state index in [2.05, 4.69) is 50.9 Å². The smallest absolute Gasteiger partial charge is 0.193 e. The van der Waals surface area contributed by atoms with Crippen molar-refractivity contribution in [2.45, 2.75) is 18.4 Å². The molecule has 2 atom stereocenters. The fraction of sp³-hybridized carbons (Fsp3) is 0.944. The van der Waals surface area contributed by atoms with E-state index in [0.717, 1.165) is 57.8 Å². The normalized spacial score (nSPS) is 31.9. The minimum absolute atomic E-state index is 0.269. The minimum atomic E-state index is 0.269. The lowest BCUT2D eigenvalue weighted by Gasteiger charge is -2.40. The number of aliphatic imine (C=N–C) groups is 1. The highest BCUT2D eigenvalue weighted by Crippen LogP contribution is 2.31. The molecule has 3 rings (SSSR count). The zero-order valence-electron chi connectivity index (χ0n) is 16.2. The van der Waals surface area contributed by atoms with E-state index in [1.807, 2.05) is 7.05 Å². The first-order valence-corrected chi connectivity index (χ1v) is 10.8. The Kier molecular flexibility index (Phi) is 6.88. The topological polar surface area (TPSA) is 43.3 Å². The van der Waals surface area contributed by atoms with E-state index in [1.54, 1.807) is 0 Å². The molecule has 7 heteroatoms. The van der Waals surface area contributed by atoms with Crippen molar-refractivity contribution in [1.82, 2.24) is 20.0 Å². The summed E-state index contributed by atoms with van der Waals surface area (Å²) in [4.78, 5) is 12.0. The van der Waals surface area contributed by atoms with Gasteiger partial charge in [0.15, 0.2) is 5.96 Å². The molecule has 0 radical (unpaired) electrons. The Bertz CT molecular complexity index is 439. The van der Waals surface area contributed by atoms with Gasteiger partial charge in [0, 0.05) is 64.2 Å². The molecule has 0 amide bonds. The quantitative estimate of drug-likeness (QED) is 0.567. The molecule has 3 heterocycles. The number of hydrogen-bond acceptors (Lipinski definition) is 5. The zero-order valence-corrected chi connectivity index (χ0v) is 17.0. The van der Waals surface area contributed by atoms with E-state index in [-0.39, 0.29) is 5.54 Å². The highest BCUT2D eigenvalue weighted by Gasteiger charge is 2.37. The van der Waals surface area contributed by atoms with Crippen molar-refractivity contribution < 1.29 is 4.74 Å². The molecule has 0 aliphatic carbocycles. The van der Waals surface area contributed by atoms with Crippen LogP contribution >= 0.6 is 11.8 Å². The van der Waals surface area contributed by atoms with Gasteiger partial charge in [-0.15, -0.1) is 0 Å². The maximum atomic E-state index is 5.51. The summed E-state index contributed by atoms with van der Waals surface area (Å²) in [5, 5.41) is 3.67. The van der Waals surface area contributed by atoms with Crippen LogP contribution in [-0.4, -0.2) is 111 Å². The van der Waals surface area contributed by atoms with Gasteiger partial charge in [-0.1, -0.05) is 0 Å². The van der Waals surface area contributed by atoms with Crippen LogP contribution < -0.4 is 5.32 Å². The van der Waals surface area contributed by atoms with Crippen molar-refractivity contribution in [1.29, 1.82) is 0 Å². The Labute approximate surface area is 157 Å². The van der Waals surface area contributed by atoms with E-state index in [4.69, 9.17) is 4.74 Å². The Morgan fingerprint density at radius 2 is 2.12 bits per heavy atom. The number of guanidine groups is 1. The number of nitrogens with zero attached hydrogens (tertiary/aromatic N) is 4. The zero-order chi connectivity index (χ0) is 17.7. The largest absolute Gasteiger partial charge is 0.381 e. The third kappa shape index (κ3) is 4.81. The van der Waals surface area contributed by atoms with Gasteiger partial charge in [-0.2, -0.15) is 11.8 Å². The van der Waals surface area contributed by atoms with Gasteiger partial charge in [0.25, 0.3) is 0 Å². The van der Waals surface area contributed by atoms with Gasteiger partial charge in [0.2, 0.25) is 0 Å². The Morgan fingerprint density at radius 1 is 1.32 bits per heavy atom. The Balaban J connectivity index is 1.46. The summed E-state index contributed by atoms with van der Waals surface area (Å²) in [6, 6.07) is 0. The number of rotatable bonds is 5. The molecule has 25 heavy (non-hydrogen) atoms. The first kappa shape index (κ1) is 19.3. The minimum Gasteiger partial charge on any atom is -0.381 e. The van der Waals surface area contributed by atoms with Crippen LogP contribution in [0.2, 0.25) is 0 Å². The monoisotopic (exact) mass is 369 g/mol. The first-order chi connectivity index (χ1) is 12.1. The average Bonchev–Trinajstić information content (AvgIpc) is 3.29. The van der Waals surface area contributed by atoms with Crippen molar-refractivity contribution in [2.24, 2.45) is 10.9 Å². The Hall–Kier alpha value is -0.500. The van der Waals surface area contributed by atoms with Gasteiger partial charge < -0.3 is 19.9 Å². The fourth-order valence-corrected chi connectivity index (χ4v) is 5.61. The molecule has 0 saturated carbocycles. The predicted octanol–water partition coefficient (Wildman–Crippen LogP) is 0.653. The van der Waals surface area contributed by atoms with E-state index >= 15 is 0 Å².